The van der Waals surface area contributed by atoms with Gasteiger partial charge in [0.25, 0.3) is 0 Å². The molecule has 2 nitrogen and oxygen atoms in total. The van der Waals surface area contributed by atoms with Crippen LogP contribution in [0.4, 0.5) is 0 Å². The van der Waals surface area contributed by atoms with Crippen molar-refractivity contribution >= 4 is 0 Å². The van der Waals surface area contributed by atoms with Gasteiger partial charge in [0.15, 0.2) is 0 Å². The molecule has 0 amide bonds. The summed E-state index contributed by atoms with van der Waals surface area (Å²) in [5.74, 6) is 0. The number of benzene rings is 1. The molecule has 0 aliphatic rings. The van der Waals surface area contributed by atoms with E-state index in [9.17, 15) is 0 Å². The van der Waals surface area contributed by atoms with Gasteiger partial charge in [0.05, 0.1) is 6.07 Å². The molecule has 1 rings (SSSR count). The summed E-state index contributed by atoms with van der Waals surface area (Å²) in [6.07, 6.45) is 3.16. The zero-order valence-corrected chi connectivity index (χ0v) is 8.61. The molecule has 0 aliphatic carbocycles. The van der Waals surface area contributed by atoms with Gasteiger partial charge in [-0.3, -0.25) is 0 Å². The number of nitrogens with one attached hydrogen (secondary N) is 1. The highest BCUT2D eigenvalue weighted by Crippen LogP contribution is 1.98. The summed E-state index contributed by atoms with van der Waals surface area (Å²) < 4.78 is 0. The molecule has 0 spiro atoms. The van der Waals surface area contributed by atoms with Crippen LogP contribution in [0.15, 0.2) is 54.6 Å². The highest BCUT2D eigenvalue weighted by atomic mass is 14.8. The zero-order valence-electron chi connectivity index (χ0n) is 8.61. The minimum absolute atomic E-state index is 0.701. The number of hydrogen-bond acceptors (Lipinski definition) is 2. The number of nitriles is 1. The van der Waals surface area contributed by atoms with Gasteiger partial charge in [0.2, 0.25) is 0 Å². The van der Waals surface area contributed by atoms with Gasteiger partial charge in [-0.2, -0.15) is 5.26 Å². The fraction of sp³-hybridized carbons (Fsp3) is 0.154. The van der Waals surface area contributed by atoms with Crippen molar-refractivity contribution in [3.8, 4) is 6.07 Å². The highest BCUT2D eigenvalue weighted by molar-refractivity contribution is 5.21. The lowest BCUT2D eigenvalue weighted by Gasteiger charge is -2.03. The SMILES string of the molecule is C=C(/C=C/C#N)CNCc1ccccc1. The molecule has 0 unspecified atom stereocenters. The van der Waals surface area contributed by atoms with Gasteiger partial charge in [0, 0.05) is 19.2 Å². The van der Waals surface area contributed by atoms with Crippen LogP contribution in [-0.2, 0) is 6.54 Å². The molecular weight excluding hydrogens is 184 g/mol. The number of allylic oxidation sites excluding steroid dienone is 1. The second-order valence-corrected chi connectivity index (χ2v) is 3.21. The Morgan fingerprint density at radius 2 is 2.13 bits per heavy atom. The summed E-state index contributed by atoms with van der Waals surface area (Å²) in [4.78, 5) is 0. The van der Waals surface area contributed by atoms with Gasteiger partial charge in [0.1, 0.15) is 0 Å². The molecular formula is C13H14N2. The maximum atomic E-state index is 8.32. The Labute approximate surface area is 90.5 Å². The Bertz CT molecular complexity index is 371. The van der Waals surface area contributed by atoms with E-state index in [-0.39, 0.29) is 0 Å². The molecule has 0 aromatic heterocycles. The van der Waals surface area contributed by atoms with Crippen molar-refractivity contribution in [3.05, 3.63) is 60.2 Å². The van der Waals surface area contributed by atoms with Crippen molar-refractivity contribution in [2.75, 3.05) is 6.54 Å². The van der Waals surface area contributed by atoms with Crippen molar-refractivity contribution in [1.29, 1.82) is 5.26 Å². The van der Waals surface area contributed by atoms with Crippen molar-refractivity contribution in [2.24, 2.45) is 0 Å². The Morgan fingerprint density at radius 1 is 1.40 bits per heavy atom. The predicted molar refractivity (Wildman–Crippen MR) is 62.0 cm³/mol. The van der Waals surface area contributed by atoms with Crippen LogP contribution in [0.3, 0.4) is 0 Å². The largest absolute Gasteiger partial charge is 0.309 e. The number of hydrogen-bond donors (Lipinski definition) is 1. The third-order valence-electron chi connectivity index (χ3n) is 1.92. The first-order chi connectivity index (χ1) is 7.33. The van der Waals surface area contributed by atoms with Gasteiger partial charge < -0.3 is 5.32 Å². The zero-order chi connectivity index (χ0) is 10.9. The van der Waals surface area contributed by atoms with Crippen molar-refractivity contribution in [3.63, 3.8) is 0 Å². The summed E-state index contributed by atoms with van der Waals surface area (Å²) >= 11 is 0. The smallest absolute Gasteiger partial charge is 0.0912 e. The maximum Gasteiger partial charge on any atom is 0.0912 e. The molecule has 76 valence electrons. The molecule has 0 radical (unpaired) electrons. The molecule has 2 heteroatoms. The van der Waals surface area contributed by atoms with E-state index in [4.69, 9.17) is 5.26 Å². The van der Waals surface area contributed by atoms with Crippen LogP contribution in [0.5, 0.6) is 0 Å². The summed E-state index contributed by atoms with van der Waals surface area (Å²) in [7, 11) is 0. The first-order valence-corrected chi connectivity index (χ1v) is 4.81. The van der Waals surface area contributed by atoms with Crippen LogP contribution in [0, 0.1) is 11.3 Å². The summed E-state index contributed by atoms with van der Waals surface area (Å²) in [5.41, 5.74) is 2.15. The van der Waals surface area contributed by atoms with Crippen LogP contribution >= 0.6 is 0 Å². The van der Waals surface area contributed by atoms with Crippen LogP contribution in [0.1, 0.15) is 5.56 Å². The molecule has 1 N–H and O–H groups in total. The van der Waals surface area contributed by atoms with Crippen LogP contribution in [-0.4, -0.2) is 6.54 Å². The van der Waals surface area contributed by atoms with E-state index in [0.717, 1.165) is 12.1 Å². The highest BCUT2D eigenvalue weighted by Gasteiger charge is 1.91. The normalized spacial score (nSPS) is 10.1. The molecule has 1 aromatic carbocycles. The monoisotopic (exact) mass is 198 g/mol. The van der Waals surface area contributed by atoms with E-state index in [1.54, 1.807) is 6.08 Å². The lowest BCUT2D eigenvalue weighted by Crippen LogP contribution is -2.15. The van der Waals surface area contributed by atoms with E-state index in [1.807, 2.05) is 24.3 Å². The van der Waals surface area contributed by atoms with Gasteiger partial charge in [-0.1, -0.05) is 36.9 Å². The van der Waals surface area contributed by atoms with Crippen LogP contribution in [0.25, 0.3) is 0 Å². The van der Waals surface area contributed by atoms with E-state index in [0.29, 0.717) is 6.54 Å². The molecule has 0 fully saturated rings. The van der Waals surface area contributed by atoms with Gasteiger partial charge in [-0.05, 0) is 17.2 Å². The molecule has 0 bridgehead atoms. The van der Waals surface area contributed by atoms with Gasteiger partial charge >= 0.3 is 0 Å². The quantitative estimate of drug-likeness (QED) is 0.582. The lowest BCUT2D eigenvalue weighted by atomic mass is 10.2. The van der Waals surface area contributed by atoms with Crippen molar-refractivity contribution in [2.45, 2.75) is 6.54 Å². The molecule has 0 saturated carbocycles. The number of nitrogens with zero attached hydrogens (tertiary/aromatic N) is 1. The average Bonchev–Trinajstić information content (AvgIpc) is 2.28. The fourth-order valence-electron chi connectivity index (χ4n) is 1.18. The topological polar surface area (TPSA) is 35.8 Å². The summed E-state index contributed by atoms with van der Waals surface area (Å²) in [6, 6.07) is 12.1. The minimum Gasteiger partial charge on any atom is -0.309 e. The Kier molecular flexibility index (Phi) is 4.93. The second kappa shape index (κ2) is 6.58. The second-order valence-electron chi connectivity index (χ2n) is 3.21. The Morgan fingerprint density at radius 3 is 2.80 bits per heavy atom. The first kappa shape index (κ1) is 11.2. The number of rotatable bonds is 5. The van der Waals surface area contributed by atoms with Crippen LogP contribution in [0.2, 0.25) is 0 Å². The predicted octanol–water partition coefficient (Wildman–Crippen LogP) is 2.41. The Balaban J connectivity index is 2.26. The molecule has 0 aliphatic heterocycles. The third kappa shape index (κ3) is 4.80. The fourth-order valence-corrected chi connectivity index (χ4v) is 1.18. The molecule has 15 heavy (non-hydrogen) atoms. The van der Waals surface area contributed by atoms with Crippen molar-refractivity contribution < 1.29 is 0 Å². The molecule has 0 saturated heterocycles. The van der Waals surface area contributed by atoms with Crippen molar-refractivity contribution in [1.82, 2.24) is 5.32 Å². The minimum atomic E-state index is 0.701. The van der Waals surface area contributed by atoms with Gasteiger partial charge in [-0.25, -0.2) is 0 Å². The first-order valence-electron chi connectivity index (χ1n) is 4.81. The van der Waals surface area contributed by atoms with E-state index in [1.165, 1.54) is 11.6 Å². The summed E-state index contributed by atoms with van der Waals surface area (Å²) in [6.45, 7) is 5.34. The van der Waals surface area contributed by atoms with E-state index >= 15 is 0 Å². The lowest BCUT2D eigenvalue weighted by molar-refractivity contribution is 0.748. The van der Waals surface area contributed by atoms with Gasteiger partial charge in [-0.15, -0.1) is 0 Å². The summed E-state index contributed by atoms with van der Waals surface area (Å²) in [5, 5.41) is 11.6. The molecule has 1 aromatic rings. The third-order valence-corrected chi connectivity index (χ3v) is 1.92. The molecule has 0 atom stereocenters. The van der Waals surface area contributed by atoms with E-state index in [2.05, 4.69) is 24.0 Å². The van der Waals surface area contributed by atoms with E-state index < -0.39 is 0 Å². The van der Waals surface area contributed by atoms with Crippen LogP contribution < -0.4 is 5.32 Å². The standard InChI is InChI=1S/C13H14N2/c1-12(6-5-9-14)10-15-11-13-7-3-2-4-8-13/h2-8,15H,1,10-11H2/b6-5+. The Hall–Kier alpha value is -1.85. The molecule has 0 heterocycles. The maximum absolute atomic E-state index is 8.32. The average molecular weight is 198 g/mol.